The molecule has 1 aliphatic heterocycles. The highest BCUT2D eigenvalue weighted by Gasteiger charge is 2.33. The molecule has 116 valence electrons. The number of hydrogen-bond donors (Lipinski definition) is 2. The second-order valence-electron chi connectivity index (χ2n) is 5.44. The summed E-state index contributed by atoms with van der Waals surface area (Å²) in [5.41, 5.74) is -0.635. The molecule has 7 nitrogen and oxygen atoms in total. The second-order valence-corrected chi connectivity index (χ2v) is 5.44. The minimum Gasteiger partial charge on any atom is -0.480 e. The number of rotatable bonds is 3. The molecule has 1 atom stereocenters. The van der Waals surface area contributed by atoms with Crippen LogP contribution in [0.3, 0.4) is 0 Å². The average Bonchev–Trinajstić information content (AvgIpc) is 2.72. The summed E-state index contributed by atoms with van der Waals surface area (Å²) in [6.07, 6.45) is 0.426. The molecule has 0 aromatic heterocycles. The third kappa shape index (κ3) is 5.64. The standard InChI is InChI=1S/C12H20N2O5.ClH/c1-12(2,3)19-11(18)13-7-9(15)14-6-4-5-8(14)10(16)17;/h8H,4-7H2,1-3H3,(H,13,18)(H,16,17);1H/t8-;/m0./s1. The second kappa shape index (κ2) is 7.33. The van der Waals surface area contributed by atoms with Crippen LogP contribution in [0.4, 0.5) is 4.79 Å². The van der Waals surface area contributed by atoms with Gasteiger partial charge < -0.3 is 20.1 Å². The Kier molecular flexibility index (Phi) is 6.78. The fraction of sp³-hybridized carbons (Fsp3) is 0.750. The largest absolute Gasteiger partial charge is 0.480 e. The van der Waals surface area contributed by atoms with Gasteiger partial charge in [0.05, 0.1) is 0 Å². The molecule has 1 heterocycles. The molecule has 2 amide bonds. The van der Waals surface area contributed by atoms with E-state index in [4.69, 9.17) is 9.84 Å². The molecule has 0 saturated carbocycles. The number of aliphatic carboxylic acids is 1. The third-order valence-electron chi connectivity index (χ3n) is 2.64. The highest BCUT2D eigenvalue weighted by atomic mass is 35.5. The van der Waals surface area contributed by atoms with E-state index in [1.807, 2.05) is 0 Å². The number of alkyl carbamates (subject to hydrolysis) is 1. The smallest absolute Gasteiger partial charge is 0.408 e. The van der Waals surface area contributed by atoms with E-state index in [0.29, 0.717) is 19.4 Å². The molecular weight excluding hydrogens is 288 g/mol. The maximum absolute atomic E-state index is 11.8. The highest BCUT2D eigenvalue weighted by molar-refractivity contribution is 5.87. The Balaban J connectivity index is 0.00000361. The van der Waals surface area contributed by atoms with Crippen LogP contribution in [-0.4, -0.2) is 52.7 Å². The van der Waals surface area contributed by atoms with E-state index in [9.17, 15) is 14.4 Å². The molecule has 0 aromatic carbocycles. The van der Waals surface area contributed by atoms with E-state index in [2.05, 4.69) is 5.32 Å². The summed E-state index contributed by atoms with van der Waals surface area (Å²) < 4.78 is 4.99. The third-order valence-corrected chi connectivity index (χ3v) is 2.64. The number of carboxylic acids is 1. The van der Waals surface area contributed by atoms with Gasteiger partial charge in [-0.1, -0.05) is 0 Å². The molecule has 8 heteroatoms. The lowest BCUT2D eigenvalue weighted by molar-refractivity contribution is -0.147. The van der Waals surface area contributed by atoms with Crippen LogP contribution in [0.2, 0.25) is 0 Å². The van der Waals surface area contributed by atoms with E-state index in [1.54, 1.807) is 20.8 Å². The summed E-state index contributed by atoms with van der Waals surface area (Å²) in [5, 5.41) is 11.3. The minimum atomic E-state index is -1.01. The summed E-state index contributed by atoms with van der Waals surface area (Å²) in [4.78, 5) is 35.4. The lowest BCUT2D eigenvalue weighted by Gasteiger charge is -2.23. The fourth-order valence-electron chi connectivity index (χ4n) is 1.89. The van der Waals surface area contributed by atoms with Crippen LogP contribution in [-0.2, 0) is 14.3 Å². The summed E-state index contributed by atoms with van der Waals surface area (Å²) in [7, 11) is 0. The van der Waals surface area contributed by atoms with Crippen LogP contribution < -0.4 is 5.32 Å². The van der Waals surface area contributed by atoms with Crippen molar-refractivity contribution in [2.45, 2.75) is 45.3 Å². The van der Waals surface area contributed by atoms with Crippen LogP contribution in [0.5, 0.6) is 0 Å². The van der Waals surface area contributed by atoms with Crippen molar-refractivity contribution >= 4 is 30.4 Å². The molecule has 0 spiro atoms. The number of carboxylic acid groups (broad SMARTS) is 1. The summed E-state index contributed by atoms with van der Waals surface area (Å²) >= 11 is 0. The molecular formula is C12H21ClN2O5. The average molecular weight is 309 g/mol. The number of halogens is 1. The predicted molar refractivity (Wildman–Crippen MR) is 73.9 cm³/mol. The van der Waals surface area contributed by atoms with E-state index >= 15 is 0 Å². The van der Waals surface area contributed by atoms with Gasteiger partial charge in [-0.2, -0.15) is 0 Å². The zero-order valence-corrected chi connectivity index (χ0v) is 12.7. The van der Waals surface area contributed by atoms with Crippen molar-refractivity contribution in [1.82, 2.24) is 10.2 Å². The molecule has 1 rings (SSSR count). The van der Waals surface area contributed by atoms with Gasteiger partial charge in [0.2, 0.25) is 5.91 Å². The van der Waals surface area contributed by atoms with E-state index in [1.165, 1.54) is 4.90 Å². The number of carbonyl (C=O) groups is 3. The summed E-state index contributed by atoms with van der Waals surface area (Å²) in [5.74, 6) is -1.42. The van der Waals surface area contributed by atoms with Gasteiger partial charge in [-0.15, -0.1) is 12.4 Å². The van der Waals surface area contributed by atoms with Crippen LogP contribution in [0.1, 0.15) is 33.6 Å². The lowest BCUT2D eigenvalue weighted by Crippen LogP contribution is -2.46. The molecule has 0 radical (unpaired) electrons. The highest BCUT2D eigenvalue weighted by Crippen LogP contribution is 2.17. The Morgan fingerprint density at radius 1 is 1.35 bits per heavy atom. The van der Waals surface area contributed by atoms with Gasteiger partial charge >= 0.3 is 12.1 Å². The van der Waals surface area contributed by atoms with Crippen molar-refractivity contribution in [3.05, 3.63) is 0 Å². The Morgan fingerprint density at radius 3 is 2.45 bits per heavy atom. The van der Waals surface area contributed by atoms with Gasteiger partial charge in [-0.05, 0) is 33.6 Å². The molecule has 2 N–H and O–H groups in total. The summed E-state index contributed by atoms with van der Waals surface area (Å²) in [6, 6.07) is -0.784. The van der Waals surface area contributed by atoms with E-state index in [-0.39, 0.29) is 19.0 Å². The predicted octanol–water partition coefficient (Wildman–Crippen LogP) is 1.01. The van der Waals surface area contributed by atoms with Gasteiger partial charge in [-0.25, -0.2) is 9.59 Å². The first-order valence-corrected chi connectivity index (χ1v) is 6.20. The van der Waals surface area contributed by atoms with Crippen molar-refractivity contribution in [3.63, 3.8) is 0 Å². The van der Waals surface area contributed by atoms with E-state index in [0.717, 1.165) is 0 Å². The maximum Gasteiger partial charge on any atom is 0.408 e. The van der Waals surface area contributed by atoms with Crippen LogP contribution in [0, 0.1) is 0 Å². The lowest BCUT2D eigenvalue weighted by atomic mass is 10.2. The first-order valence-electron chi connectivity index (χ1n) is 6.20. The molecule has 1 fully saturated rings. The van der Waals surface area contributed by atoms with Crippen LogP contribution in [0.25, 0.3) is 0 Å². The van der Waals surface area contributed by atoms with Gasteiger partial charge in [-0.3, -0.25) is 4.79 Å². The van der Waals surface area contributed by atoms with Crippen molar-refractivity contribution in [2.75, 3.05) is 13.1 Å². The number of amides is 2. The zero-order chi connectivity index (χ0) is 14.6. The number of ether oxygens (including phenoxy) is 1. The molecule has 1 aliphatic rings. The van der Waals surface area contributed by atoms with Gasteiger partial charge in [0.25, 0.3) is 0 Å². The number of nitrogens with zero attached hydrogens (tertiary/aromatic N) is 1. The quantitative estimate of drug-likeness (QED) is 0.811. The maximum atomic E-state index is 11.8. The zero-order valence-electron chi connectivity index (χ0n) is 11.8. The van der Waals surface area contributed by atoms with Crippen molar-refractivity contribution in [2.24, 2.45) is 0 Å². The van der Waals surface area contributed by atoms with Crippen LogP contribution >= 0.6 is 12.4 Å². The molecule has 0 aliphatic carbocycles. The molecule has 0 bridgehead atoms. The van der Waals surface area contributed by atoms with Crippen LogP contribution in [0.15, 0.2) is 0 Å². The molecule has 0 unspecified atom stereocenters. The van der Waals surface area contributed by atoms with Gasteiger partial charge in [0, 0.05) is 6.54 Å². The van der Waals surface area contributed by atoms with Gasteiger partial charge in [0.15, 0.2) is 0 Å². The topological polar surface area (TPSA) is 95.9 Å². The van der Waals surface area contributed by atoms with E-state index < -0.39 is 29.6 Å². The van der Waals surface area contributed by atoms with Crippen molar-refractivity contribution < 1.29 is 24.2 Å². The normalized spacial score (nSPS) is 18.1. The Bertz CT molecular complexity index is 381. The number of carbonyl (C=O) groups excluding carboxylic acids is 2. The Morgan fingerprint density at radius 2 is 1.95 bits per heavy atom. The van der Waals surface area contributed by atoms with Crippen molar-refractivity contribution in [3.8, 4) is 0 Å². The number of nitrogens with one attached hydrogen (secondary N) is 1. The number of likely N-dealkylation sites (tertiary alicyclic amines) is 1. The Hall–Kier alpha value is -1.50. The first-order chi connectivity index (χ1) is 8.70. The molecule has 1 saturated heterocycles. The summed E-state index contributed by atoms with van der Waals surface area (Å²) in [6.45, 7) is 5.31. The Labute approximate surface area is 124 Å². The SMILES string of the molecule is CC(C)(C)OC(=O)NCC(=O)N1CCC[C@H]1C(=O)O.Cl. The molecule has 0 aromatic rings. The van der Waals surface area contributed by atoms with Crippen molar-refractivity contribution in [1.29, 1.82) is 0 Å². The van der Waals surface area contributed by atoms with Gasteiger partial charge in [0.1, 0.15) is 18.2 Å². The number of hydrogen-bond acceptors (Lipinski definition) is 4. The minimum absolute atomic E-state index is 0. The first kappa shape index (κ1) is 18.5. The molecule has 20 heavy (non-hydrogen) atoms. The monoisotopic (exact) mass is 308 g/mol. The fourth-order valence-corrected chi connectivity index (χ4v) is 1.89.